The number of carbonyl (C=O) groups is 3. The van der Waals surface area contributed by atoms with Crippen LogP contribution >= 0.6 is 0 Å². The van der Waals surface area contributed by atoms with Gasteiger partial charge in [-0.15, -0.1) is 0 Å². The Kier molecular flexibility index (Phi) is 5.27. The van der Waals surface area contributed by atoms with Crippen LogP contribution in [0.2, 0.25) is 0 Å². The summed E-state index contributed by atoms with van der Waals surface area (Å²) >= 11 is 0. The van der Waals surface area contributed by atoms with E-state index in [0.29, 0.717) is 43.0 Å². The molecule has 7 heteroatoms. The van der Waals surface area contributed by atoms with Crippen molar-refractivity contribution in [1.29, 1.82) is 0 Å². The van der Waals surface area contributed by atoms with Crippen LogP contribution in [0.4, 0.5) is 5.69 Å². The number of anilines is 1. The number of hydrogen-bond acceptors (Lipinski definition) is 4. The molecule has 0 atom stereocenters. The van der Waals surface area contributed by atoms with Gasteiger partial charge < -0.3 is 19.5 Å². The molecule has 1 aliphatic rings. The molecule has 30 heavy (non-hydrogen) atoms. The van der Waals surface area contributed by atoms with Gasteiger partial charge in [0, 0.05) is 49.7 Å². The minimum absolute atomic E-state index is 0.0213. The average Bonchev–Trinajstić information content (AvgIpc) is 3.19. The van der Waals surface area contributed by atoms with Crippen LogP contribution in [-0.4, -0.2) is 53.7 Å². The summed E-state index contributed by atoms with van der Waals surface area (Å²) in [5.74, 6) is -0.243. The number of rotatable bonds is 3. The molecule has 1 fully saturated rings. The molecule has 0 bridgehead atoms. The Hall–Kier alpha value is -3.61. The highest BCUT2D eigenvalue weighted by molar-refractivity contribution is 6.05. The van der Waals surface area contributed by atoms with Crippen LogP contribution in [0.5, 0.6) is 0 Å². The van der Waals surface area contributed by atoms with E-state index in [2.05, 4.69) is 5.32 Å². The Bertz CT molecular complexity index is 1090. The Morgan fingerprint density at radius 3 is 2.33 bits per heavy atom. The highest BCUT2D eigenvalue weighted by atomic mass is 16.3. The average molecular weight is 405 g/mol. The molecule has 1 saturated heterocycles. The molecule has 3 amide bonds. The summed E-state index contributed by atoms with van der Waals surface area (Å²) in [6.07, 6.45) is 0. The van der Waals surface area contributed by atoms with Crippen LogP contribution in [0.1, 0.15) is 33.4 Å². The maximum absolute atomic E-state index is 12.9. The van der Waals surface area contributed by atoms with Gasteiger partial charge in [0.25, 0.3) is 11.8 Å². The molecule has 0 spiro atoms. The lowest BCUT2D eigenvalue weighted by Crippen LogP contribution is -2.50. The van der Waals surface area contributed by atoms with E-state index in [-0.39, 0.29) is 23.5 Å². The molecule has 4 rings (SSSR count). The monoisotopic (exact) mass is 405 g/mol. The molecule has 0 saturated carbocycles. The predicted octanol–water partition coefficient (Wildman–Crippen LogP) is 3.30. The molecule has 2 aromatic carbocycles. The van der Waals surface area contributed by atoms with Gasteiger partial charge in [-0.05, 0) is 36.8 Å². The van der Waals surface area contributed by atoms with Crippen molar-refractivity contribution in [3.63, 3.8) is 0 Å². The van der Waals surface area contributed by atoms with E-state index >= 15 is 0 Å². The van der Waals surface area contributed by atoms with Crippen molar-refractivity contribution in [2.75, 3.05) is 31.5 Å². The first-order valence-corrected chi connectivity index (χ1v) is 9.88. The summed E-state index contributed by atoms with van der Waals surface area (Å²) in [6.45, 7) is 5.45. The molecule has 7 nitrogen and oxygen atoms in total. The van der Waals surface area contributed by atoms with E-state index in [9.17, 15) is 14.4 Å². The second-order valence-electron chi connectivity index (χ2n) is 7.43. The largest absolute Gasteiger partial charge is 0.451 e. The number of benzene rings is 2. The zero-order valence-electron chi connectivity index (χ0n) is 17.0. The van der Waals surface area contributed by atoms with E-state index in [1.54, 1.807) is 28.0 Å². The number of amides is 3. The fraction of sp³-hybridized carbons (Fsp3) is 0.261. The van der Waals surface area contributed by atoms with Crippen LogP contribution < -0.4 is 5.32 Å². The normalized spacial score (nSPS) is 14.1. The number of piperazine rings is 1. The number of nitrogens with zero attached hydrogens (tertiary/aromatic N) is 2. The van der Waals surface area contributed by atoms with Gasteiger partial charge in [-0.25, -0.2) is 0 Å². The summed E-state index contributed by atoms with van der Waals surface area (Å²) < 4.78 is 5.62. The van der Waals surface area contributed by atoms with Gasteiger partial charge in [-0.3, -0.25) is 14.4 Å². The predicted molar refractivity (Wildman–Crippen MR) is 114 cm³/mol. The van der Waals surface area contributed by atoms with Gasteiger partial charge in [0.05, 0.1) is 0 Å². The molecule has 154 valence electrons. The van der Waals surface area contributed by atoms with Crippen molar-refractivity contribution in [3.05, 3.63) is 65.4 Å². The number of carbonyl (C=O) groups excluding carboxylic acids is 3. The van der Waals surface area contributed by atoms with Crippen LogP contribution in [0.25, 0.3) is 11.0 Å². The van der Waals surface area contributed by atoms with Crippen molar-refractivity contribution >= 4 is 34.4 Å². The lowest BCUT2D eigenvalue weighted by molar-refractivity contribution is -0.130. The maximum Gasteiger partial charge on any atom is 0.291 e. The Morgan fingerprint density at radius 2 is 1.63 bits per heavy atom. The molecule has 1 N–H and O–H groups in total. The fourth-order valence-corrected chi connectivity index (χ4v) is 3.57. The van der Waals surface area contributed by atoms with E-state index < -0.39 is 0 Å². The van der Waals surface area contributed by atoms with Crippen LogP contribution in [0.15, 0.2) is 52.9 Å². The standard InChI is InChI=1S/C23H23N3O4/c1-15-7-8-18(23(29)26-11-9-25(10-12-26)16(2)27)13-19(15)24-22(28)21-14-17-5-3-4-6-20(17)30-21/h3-8,13-14H,9-12H2,1-2H3,(H,24,28). The van der Waals surface area contributed by atoms with E-state index in [1.807, 2.05) is 37.3 Å². The van der Waals surface area contributed by atoms with Gasteiger partial charge in [-0.1, -0.05) is 24.3 Å². The third-order valence-electron chi connectivity index (χ3n) is 5.39. The minimum Gasteiger partial charge on any atom is -0.451 e. The summed E-state index contributed by atoms with van der Waals surface area (Å²) in [5.41, 5.74) is 2.55. The lowest BCUT2D eigenvalue weighted by Gasteiger charge is -2.34. The molecular weight excluding hydrogens is 382 g/mol. The molecule has 1 aliphatic heterocycles. The minimum atomic E-state index is -0.367. The quantitative estimate of drug-likeness (QED) is 0.725. The summed E-state index contributed by atoms with van der Waals surface area (Å²) in [7, 11) is 0. The number of para-hydroxylation sites is 1. The number of nitrogens with one attached hydrogen (secondary N) is 1. The summed E-state index contributed by atoms with van der Waals surface area (Å²) in [5, 5.41) is 3.71. The van der Waals surface area contributed by atoms with Gasteiger partial charge in [0.15, 0.2) is 5.76 Å². The molecule has 0 aliphatic carbocycles. The number of aryl methyl sites for hydroxylation is 1. The third kappa shape index (κ3) is 3.91. The Labute approximate surface area is 174 Å². The zero-order valence-corrected chi connectivity index (χ0v) is 17.0. The van der Waals surface area contributed by atoms with Gasteiger partial charge in [0.1, 0.15) is 5.58 Å². The fourth-order valence-electron chi connectivity index (χ4n) is 3.57. The van der Waals surface area contributed by atoms with Crippen molar-refractivity contribution in [1.82, 2.24) is 9.80 Å². The van der Waals surface area contributed by atoms with Crippen molar-refractivity contribution in [3.8, 4) is 0 Å². The second kappa shape index (κ2) is 8.02. The molecule has 1 aromatic heterocycles. The number of hydrogen-bond donors (Lipinski definition) is 1. The molecular formula is C23H23N3O4. The Morgan fingerprint density at radius 1 is 0.933 bits per heavy atom. The molecule has 3 aromatic rings. The highest BCUT2D eigenvalue weighted by Gasteiger charge is 2.24. The third-order valence-corrected chi connectivity index (χ3v) is 5.39. The number of fused-ring (bicyclic) bond motifs is 1. The summed E-state index contributed by atoms with van der Waals surface area (Å²) in [6, 6.07) is 14.4. The first-order valence-electron chi connectivity index (χ1n) is 9.88. The zero-order chi connectivity index (χ0) is 21.3. The maximum atomic E-state index is 12.9. The lowest BCUT2D eigenvalue weighted by atomic mass is 10.1. The van der Waals surface area contributed by atoms with E-state index in [4.69, 9.17) is 4.42 Å². The van der Waals surface area contributed by atoms with Crippen molar-refractivity contribution in [2.45, 2.75) is 13.8 Å². The van der Waals surface area contributed by atoms with Crippen molar-refractivity contribution in [2.24, 2.45) is 0 Å². The molecule has 0 radical (unpaired) electrons. The smallest absolute Gasteiger partial charge is 0.291 e. The molecule has 2 heterocycles. The van der Waals surface area contributed by atoms with Crippen LogP contribution in [0, 0.1) is 6.92 Å². The van der Waals surface area contributed by atoms with Crippen LogP contribution in [0.3, 0.4) is 0 Å². The van der Waals surface area contributed by atoms with Gasteiger partial charge in [-0.2, -0.15) is 0 Å². The molecule has 0 unspecified atom stereocenters. The topological polar surface area (TPSA) is 82.9 Å². The Balaban J connectivity index is 1.49. The van der Waals surface area contributed by atoms with Crippen molar-refractivity contribution < 1.29 is 18.8 Å². The van der Waals surface area contributed by atoms with E-state index in [0.717, 1.165) is 10.9 Å². The first kappa shape index (κ1) is 19.7. The SMILES string of the molecule is CC(=O)N1CCN(C(=O)c2ccc(C)c(NC(=O)c3cc4ccccc4o3)c2)CC1. The highest BCUT2D eigenvalue weighted by Crippen LogP contribution is 2.23. The van der Waals surface area contributed by atoms with Gasteiger partial charge >= 0.3 is 0 Å². The number of furan rings is 1. The van der Waals surface area contributed by atoms with Gasteiger partial charge in [0.2, 0.25) is 5.91 Å². The summed E-state index contributed by atoms with van der Waals surface area (Å²) in [4.78, 5) is 40.5. The van der Waals surface area contributed by atoms with E-state index in [1.165, 1.54) is 6.92 Å². The van der Waals surface area contributed by atoms with Crippen LogP contribution in [-0.2, 0) is 4.79 Å². The second-order valence-corrected chi connectivity index (χ2v) is 7.43. The first-order chi connectivity index (χ1) is 14.4.